The van der Waals surface area contributed by atoms with Gasteiger partial charge in [0, 0.05) is 12.1 Å². The summed E-state index contributed by atoms with van der Waals surface area (Å²) in [6, 6.07) is 5.34. The van der Waals surface area contributed by atoms with E-state index in [0.717, 1.165) is 32.1 Å². The van der Waals surface area contributed by atoms with E-state index in [1.807, 2.05) is 6.92 Å². The van der Waals surface area contributed by atoms with Crippen molar-refractivity contribution >= 4 is 17.9 Å². The molecule has 8 nitrogen and oxygen atoms in total. The van der Waals surface area contributed by atoms with E-state index in [-0.39, 0.29) is 36.2 Å². The Morgan fingerprint density at radius 1 is 1.03 bits per heavy atom. The van der Waals surface area contributed by atoms with E-state index in [1.165, 1.54) is 18.6 Å². The first-order valence-electron chi connectivity index (χ1n) is 13.2. The Morgan fingerprint density at radius 3 is 2.19 bits per heavy atom. The zero-order chi connectivity index (χ0) is 26.9. The van der Waals surface area contributed by atoms with E-state index in [2.05, 4.69) is 24.5 Å². The lowest BCUT2D eigenvalue weighted by atomic mass is 9.94. The minimum absolute atomic E-state index is 0.0775. The number of hydrogen-bond donors (Lipinski definition) is 3. The van der Waals surface area contributed by atoms with E-state index in [1.54, 1.807) is 37.8 Å². The SMILES string of the molecule is CC(C)CCC(C)N(C(=O)CNC(=O)OC(C)(C)C)C(C(=O)NC1CCCCC1)c1ccc(O)cc1. The van der Waals surface area contributed by atoms with E-state index < -0.39 is 17.7 Å². The van der Waals surface area contributed by atoms with Crippen molar-refractivity contribution in [2.75, 3.05) is 6.54 Å². The van der Waals surface area contributed by atoms with Crippen LogP contribution in [0, 0.1) is 5.92 Å². The Balaban J connectivity index is 2.35. The Bertz CT molecular complexity index is 857. The van der Waals surface area contributed by atoms with Crippen LogP contribution in [0.25, 0.3) is 0 Å². The highest BCUT2D eigenvalue weighted by atomic mass is 16.6. The zero-order valence-electron chi connectivity index (χ0n) is 22.8. The monoisotopic (exact) mass is 503 g/mol. The third-order valence-electron chi connectivity index (χ3n) is 6.39. The molecule has 0 bridgehead atoms. The average molecular weight is 504 g/mol. The van der Waals surface area contributed by atoms with Crippen LogP contribution in [-0.4, -0.2) is 52.1 Å². The van der Waals surface area contributed by atoms with Gasteiger partial charge in [-0.3, -0.25) is 9.59 Å². The molecule has 3 amide bonds. The van der Waals surface area contributed by atoms with E-state index in [0.29, 0.717) is 17.9 Å². The number of nitrogens with one attached hydrogen (secondary N) is 2. The zero-order valence-corrected chi connectivity index (χ0v) is 22.8. The fourth-order valence-corrected chi connectivity index (χ4v) is 4.53. The van der Waals surface area contributed by atoms with Gasteiger partial charge < -0.3 is 25.4 Å². The summed E-state index contributed by atoms with van der Waals surface area (Å²) < 4.78 is 5.29. The van der Waals surface area contributed by atoms with Crippen molar-refractivity contribution in [3.05, 3.63) is 29.8 Å². The Hall–Kier alpha value is -2.77. The standard InChI is InChI=1S/C28H45N3O5/c1-19(2)12-13-20(3)31(24(33)18-29-27(35)36-28(4,5)6)25(21-14-16-23(32)17-15-21)26(34)30-22-10-8-7-9-11-22/h14-17,19-20,22,25,32H,7-13,18H2,1-6H3,(H,29,35)(H,30,34). The van der Waals surface area contributed by atoms with Crippen molar-refractivity contribution in [2.45, 2.75) is 110 Å². The maximum absolute atomic E-state index is 13.7. The number of phenolic OH excluding ortho intramolecular Hbond substituents is 1. The molecule has 1 aromatic rings. The van der Waals surface area contributed by atoms with Crippen LogP contribution in [0.5, 0.6) is 5.75 Å². The Morgan fingerprint density at radius 2 is 1.64 bits per heavy atom. The molecule has 1 aromatic carbocycles. The predicted octanol–water partition coefficient (Wildman–Crippen LogP) is 5.06. The number of alkyl carbamates (subject to hydrolysis) is 1. The van der Waals surface area contributed by atoms with Gasteiger partial charge in [0.2, 0.25) is 11.8 Å². The van der Waals surface area contributed by atoms with Gasteiger partial charge in [-0.1, -0.05) is 45.2 Å². The number of amides is 3. The fraction of sp³-hybridized carbons (Fsp3) is 0.679. The lowest BCUT2D eigenvalue weighted by molar-refractivity contribution is -0.143. The molecule has 0 aromatic heterocycles. The number of carbonyl (C=O) groups excluding carboxylic acids is 3. The van der Waals surface area contributed by atoms with Crippen LogP contribution < -0.4 is 10.6 Å². The van der Waals surface area contributed by atoms with E-state index in [4.69, 9.17) is 4.74 Å². The molecule has 0 spiro atoms. The molecule has 2 rings (SSSR count). The Kier molecular flexibility index (Phi) is 11.1. The van der Waals surface area contributed by atoms with Gasteiger partial charge in [0.1, 0.15) is 23.9 Å². The van der Waals surface area contributed by atoms with Crippen molar-refractivity contribution in [2.24, 2.45) is 5.92 Å². The van der Waals surface area contributed by atoms with Crippen molar-refractivity contribution in [3.8, 4) is 5.75 Å². The van der Waals surface area contributed by atoms with Gasteiger partial charge in [-0.2, -0.15) is 0 Å². The summed E-state index contributed by atoms with van der Waals surface area (Å²) >= 11 is 0. The lowest BCUT2D eigenvalue weighted by Crippen LogP contribution is -2.52. The van der Waals surface area contributed by atoms with Crippen LogP contribution in [0.1, 0.15) is 98.1 Å². The largest absolute Gasteiger partial charge is 0.508 e. The third-order valence-corrected chi connectivity index (χ3v) is 6.39. The fourth-order valence-electron chi connectivity index (χ4n) is 4.53. The molecular weight excluding hydrogens is 458 g/mol. The molecule has 1 aliphatic rings. The van der Waals surface area contributed by atoms with Gasteiger partial charge in [0.15, 0.2) is 0 Å². The molecule has 202 valence electrons. The number of ether oxygens (including phenoxy) is 1. The van der Waals surface area contributed by atoms with Crippen molar-refractivity contribution in [1.29, 1.82) is 0 Å². The maximum Gasteiger partial charge on any atom is 0.408 e. The summed E-state index contributed by atoms with van der Waals surface area (Å²) in [7, 11) is 0. The molecule has 1 fully saturated rings. The van der Waals surface area contributed by atoms with E-state index >= 15 is 0 Å². The predicted molar refractivity (Wildman–Crippen MR) is 140 cm³/mol. The lowest BCUT2D eigenvalue weighted by Gasteiger charge is -2.37. The molecule has 2 atom stereocenters. The molecule has 8 heteroatoms. The van der Waals surface area contributed by atoms with Crippen LogP contribution in [0.15, 0.2) is 24.3 Å². The smallest absolute Gasteiger partial charge is 0.408 e. The average Bonchev–Trinajstić information content (AvgIpc) is 2.79. The maximum atomic E-state index is 13.7. The molecule has 3 N–H and O–H groups in total. The highest BCUT2D eigenvalue weighted by Gasteiger charge is 2.36. The van der Waals surface area contributed by atoms with Gasteiger partial charge >= 0.3 is 6.09 Å². The Labute approximate surface area is 216 Å². The highest BCUT2D eigenvalue weighted by molar-refractivity contribution is 5.90. The molecule has 36 heavy (non-hydrogen) atoms. The van der Waals surface area contributed by atoms with Gasteiger partial charge in [-0.05, 0) is 77.0 Å². The van der Waals surface area contributed by atoms with Gasteiger partial charge in [-0.15, -0.1) is 0 Å². The molecule has 0 radical (unpaired) electrons. The first-order chi connectivity index (χ1) is 16.9. The number of rotatable bonds is 10. The quantitative estimate of drug-likeness (QED) is 0.414. The minimum atomic E-state index is -0.886. The topological polar surface area (TPSA) is 108 Å². The van der Waals surface area contributed by atoms with Crippen molar-refractivity contribution in [3.63, 3.8) is 0 Å². The van der Waals surface area contributed by atoms with Gasteiger partial charge in [0.05, 0.1) is 0 Å². The second-order valence-electron chi connectivity index (χ2n) is 11.3. The van der Waals surface area contributed by atoms with Crippen LogP contribution in [0.2, 0.25) is 0 Å². The number of aromatic hydroxyl groups is 1. The second kappa shape index (κ2) is 13.5. The van der Waals surface area contributed by atoms with E-state index in [9.17, 15) is 19.5 Å². The molecule has 1 aliphatic carbocycles. The number of hydrogen-bond acceptors (Lipinski definition) is 5. The molecule has 2 unspecified atom stereocenters. The second-order valence-corrected chi connectivity index (χ2v) is 11.3. The van der Waals surface area contributed by atoms with Crippen LogP contribution in [0.4, 0.5) is 4.79 Å². The third kappa shape index (κ3) is 9.70. The summed E-state index contributed by atoms with van der Waals surface area (Å²) in [6.07, 6.45) is 6.07. The number of benzene rings is 1. The first-order valence-corrected chi connectivity index (χ1v) is 13.2. The van der Waals surface area contributed by atoms with Gasteiger partial charge in [-0.25, -0.2) is 4.79 Å². The summed E-state index contributed by atoms with van der Waals surface area (Å²) in [6.45, 7) is 11.2. The summed E-state index contributed by atoms with van der Waals surface area (Å²) in [5.41, 5.74) is -0.0747. The van der Waals surface area contributed by atoms with Crippen LogP contribution >= 0.6 is 0 Å². The normalized spacial score (nSPS) is 16.2. The summed E-state index contributed by atoms with van der Waals surface area (Å²) in [4.78, 5) is 41.2. The molecule has 0 heterocycles. The molecule has 1 saturated carbocycles. The highest BCUT2D eigenvalue weighted by Crippen LogP contribution is 2.29. The number of carbonyl (C=O) groups is 3. The minimum Gasteiger partial charge on any atom is -0.508 e. The van der Waals surface area contributed by atoms with Gasteiger partial charge in [0.25, 0.3) is 0 Å². The molecule has 0 aliphatic heterocycles. The summed E-state index contributed by atoms with van der Waals surface area (Å²) in [5.74, 6) is -0.0846. The van der Waals surface area contributed by atoms with Crippen molar-refractivity contribution in [1.82, 2.24) is 15.5 Å². The first kappa shape index (κ1) is 29.5. The van der Waals surface area contributed by atoms with Crippen LogP contribution in [-0.2, 0) is 14.3 Å². The number of phenols is 1. The van der Waals surface area contributed by atoms with Crippen LogP contribution in [0.3, 0.4) is 0 Å². The molecule has 0 saturated heterocycles. The van der Waals surface area contributed by atoms with Crippen molar-refractivity contribution < 1.29 is 24.2 Å². The molecular formula is C28H45N3O5. The number of nitrogens with zero attached hydrogens (tertiary/aromatic N) is 1. The summed E-state index contributed by atoms with van der Waals surface area (Å²) in [5, 5.41) is 15.6.